The first-order valence-electron chi connectivity index (χ1n) is 4.81. The van der Waals surface area contributed by atoms with Crippen LogP contribution < -0.4 is 10.0 Å². The predicted octanol–water partition coefficient (Wildman–Crippen LogP) is 2.32. The number of fused-ring (bicyclic) bond motifs is 2. The summed E-state index contributed by atoms with van der Waals surface area (Å²) in [5, 5.41) is 3.22. The van der Waals surface area contributed by atoms with Crippen LogP contribution in [0, 0.1) is 0 Å². The number of halogens is 1. The second-order valence-electron chi connectivity index (χ2n) is 3.39. The number of anilines is 3. The van der Waals surface area contributed by atoms with Gasteiger partial charge in [0.25, 0.3) is 0 Å². The first-order chi connectivity index (χ1) is 8.24. The van der Waals surface area contributed by atoms with Gasteiger partial charge < -0.3 is 5.32 Å². The quantitative estimate of drug-likeness (QED) is 0.718. The second-order valence-corrected chi connectivity index (χ2v) is 4.91. The maximum atomic E-state index is 12.0. The topological polar surface area (TPSA) is 66.9 Å². The minimum Gasteiger partial charge on any atom is -0.337 e. The Hall–Kier alpha value is -1.66. The fourth-order valence-corrected chi connectivity index (χ4v) is 2.66. The van der Waals surface area contributed by atoms with Crippen LogP contribution in [-0.4, -0.2) is 14.2 Å². The van der Waals surface area contributed by atoms with Crippen molar-refractivity contribution in [3.63, 3.8) is 0 Å². The Labute approximate surface area is 105 Å². The molecule has 0 bridgehead atoms. The molecule has 2 N–H and O–H groups in total. The monoisotopic (exact) mass is 266 g/mol. The average molecular weight is 267 g/mol. The van der Waals surface area contributed by atoms with Crippen LogP contribution in [-0.2, 0) is 11.0 Å². The summed E-state index contributed by atoms with van der Waals surface area (Å²) in [5.74, 6) is 0.517. The molecular weight excluding hydrogens is 260 g/mol. The lowest BCUT2D eigenvalue weighted by Gasteiger charge is -2.05. The first kappa shape index (κ1) is 10.5. The van der Waals surface area contributed by atoms with E-state index in [1.54, 1.807) is 6.07 Å². The zero-order chi connectivity index (χ0) is 11.8. The minimum atomic E-state index is -1.34. The third kappa shape index (κ3) is 1.85. The summed E-state index contributed by atoms with van der Waals surface area (Å²) in [5.41, 5.74) is 1.30. The molecule has 7 heteroatoms. The van der Waals surface area contributed by atoms with Gasteiger partial charge >= 0.3 is 0 Å². The van der Waals surface area contributed by atoms with Crippen molar-refractivity contribution in [2.45, 2.75) is 4.90 Å². The van der Waals surface area contributed by atoms with E-state index in [-0.39, 0.29) is 5.28 Å². The van der Waals surface area contributed by atoms with Gasteiger partial charge in [-0.15, -0.1) is 0 Å². The molecule has 0 saturated heterocycles. The van der Waals surface area contributed by atoms with E-state index in [0.717, 1.165) is 5.69 Å². The molecular formula is C10H7ClN4OS. The number of benzene rings is 1. The Morgan fingerprint density at radius 1 is 1.24 bits per heavy atom. The Kier molecular flexibility index (Phi) is 2.45. The van der Waals surface area contributed by atoms with Gasteiger partial charge in [-0.1, -0.05) is 12.1 Å². The van der Waals surface area contributed by atoms with Gasteiger partial charge in [-0.3, -0.25) is 4.72 Å². The lowest BCUT2D eigenvalue weighted by atomic mass is 10.3. The average Bonchev–Trinajstić information content (AvgIpc) is 2.46. The van der Waals surface area contributed by atoms with Gasteiger partial charge in [0.15, 0.2) is 16.8 Å². The van der Waals surface area contributed by atoms with Crippen molar-refractivity contribution >= 4 is 39.8 Å². The number of nitrogens with one attached hydrogen (secondary N) is 2. The zero-order valence-electron chi connectivity index (χ0n) is 8.48. The predicted molar refractivity (Wildman–Crippen MR) is 66.8 cm³/mol. The van der Waals surface area contributed by atoms with E-state index in [4.69, 9.17) is 11.6 Å². The maximum absolute atomic E-state index is 12.0. The molecule has 1 aliphatic rings. The molecule has 86 valence electrons. The Morgan fingerprint density at radius 2 is 2.06 bits per heavy atom. The molecule has 5 nitrogen and oxygen atoms in total. The molecule has 2 aromatic rings. The van der Waals surface area contributed by atoms with Gasteiger partial charge in [0.2, 0.25) is 5.28 Å². The normalized spacial score (nSPS) is 17.1. The van der Waals surface area contributed by atoms with Crippen LogP contribution in [0.15, 0.2) is 35.4 Å². The van der Waals surface area contributed by atoms with Crippen molar-refractivity contribution in [3.8, 4) is 0 Å². The Morgan fingerprint density at radius 3 is 2.94 bits per heavy atom. The molecule has 17 heavy (non-hydrogen) atoms. The smallest absolute Gasteiger partial charge is 0.224 e. The Bertz CT molecular complexity index is 619. The summed E-state index contributed by atoms with van der Waals surface area (Å²) in [6.45, 7) is 0. The molecule has 0 radical (unpaired) electrons. The second kappa shape index (κ2) is 3.97. The summed E-state index contributed by atoms with van der Waals surface area (Å²) in [6.07, 6.45) is 1.50. The van der Waals surface area contributed by atoms with E-state index in [1.165, 1.54) is 6.20 Å². The molecule has 1 aliphatic heterocycles. The van der Waals surface area contributed by atoms with Crippen LogP contribution in [0.25, 0.3) is 0 Å². The molecule has 1 aromatic carbocycles. The molecule has 0 spiro atoms. The van der Waals surface area contributed by atoms with Gasteiger partial charge in [0, 0.05) is 0 Å². The van der Waals surface area contributed by atoms with E-state index in [2.05, 4.69) is 20.0 Å². The number of para-hydroxylation sites is 1. The van der Waals surface area contributed by atoms with Crippen molar-refractivity contribution in [2.75, 3.05) is 10.0 Å². The number of hydrogen-bond donors (Lipinski definition) is 2. The van der Waals surface area contributed by atoms with Crippen LogP contribution in [0.4, 0.5) is 17.2 Å². The summed E-state index contributed by atoms with van der Waals surface area (Å²) in [6, 6.07) is 7.30. The third-order valence-electron chi connectivity index (χ3n) is 2.30. The fraction of sp³-hybridized carbons (Fsp3) is 0. The highest BCUT2D eigenvalue weighted by Gasteiger charge is 2.18. The lowest BCUT2D eigenvalue weighted by molar-refractivity contribution is 0.686. The number of nitrogens with zero attached hydrogens (tertiary/aromatic N) is 2. The molecule has 3 rings (SSSR count). The number of rotatable bonds is 0. The van der Waals surface area contributed by atoms with Crippen molar-refractivity contribution in [1.82, 2.24) is 9.97 Å². The highest BCUT2D eigenvalue weighted by Crippen LogP contribution is 2.32. The number of hydrogen-bond acceptors (Lipinski definition) is 4. The van der Waals surface area contributed by atoms with Gasteiger partial charge in [0.1, 0.15) is 5.69 Å². The van der Waals surface area contributed by atoms with Crippen LogP contribution in [0.3, 0.4) is 0 Å². The van der Waals surface area contributed by atoms with E-state index in [0.29, 0.717) is 16.4 Å². The van der Waals surface area contributed by atoms with Crippen LogP contribution in [0.1, 0.15) is 0 Å². The molecule has 2 heterocycles. The van der Waals surface area contributed by atoms with Crippen LogP contribution >= 0.6 is 11.6 Å². The highest BCUT2D eigenvalue weighted by molar-refractivity contribution is 7.86. The largest absolute Gasteiger partial charge is 0.337 e. The van der Waals surface area contributed by atoms with Gasteiger partial charge in [-0.25, -0.2) is 9.19 Å². The van der Waals surface area contributed by atoms with Crippen LogP contribution in [0.2, 0.25) is 5.28 Å². The highest BCUT2D eigenvalue weighted by atomic mass is 35.5. The van der Waals surface area contributed by atoms with Gasteiger partial charge in [0.05, 0.1) is 16.8 Å². The molecule has 0 amide bonds. The fourth-order valence-electron chi connectivity index (χ4n) is 1.54. The van der Waals surface area contributed by atoms with Crippen molar-refractivity contribution in [3.05, 3.63) is 35.7 Å². The van der Waals surface area contributed by atoms with Gasteiger partial charge in [-0.05, 0) is 23.7 Å². The van der Waals surface area contributed by atoms with E-state index in [1.807, 2.05) is 18.2 Å². The molecule has 1 atom stereocenters. The third-order valence-corrected chi connectivity index (χ3v) is 3.64. The lowest BCUT2D eigenvalue weighted by Crippen LogP contribution is -2.03. The summed E-state index contributed by atoms with van der Waals surface area (Å²) < 4.78 is 14.9. The van der Waals surface area contributed by atoms with E-state index < -0.39 is 11.0 Å². The SMILES string of the molecule is O=S1Nc2cnc(Cl)nc2Nc2ccccc21. The maximum Gasteiger partial charge on any atom is 0.224 e. The van der Waals surface area contributed by atoms with Crippen molar-refractivity contribution in [1.29, 1.82) is 0 Å². The van der Waals surface area contributed by atoms with E-state index >= 15 is 0 Å². The van der Waals surface area contributed by atoms with Crippen molar-refractivity contribution < 1.29 is 4.21 Å². The summed E-state index contributed by atoms with van der Waals surface area (Å²) >= 11 is 5.73. The Balaban J connectivity index is 2.18. The molecule has 0 aliphatic carbocycles. The number of aromatic nitrogens is 2. The first-order valence-corrected chi connectivity index (χ1v) is 6.34. The molecule has 0 fully saturated rings. The molecule has 1 unspecified atom stereocenters. The standard InChI is InChI=1S/C10H7ClN4OS/c11-10-12-5-7-9(14-10)13-6-3-1-2-4-8(6)17(16)15-7/h1-5,15H,(H,12,13,14). The molecule has 0 saturated carbocycles. The van der Waals surface area contributed by atoms with Crippen LogP contribution in [0.5, 0.6) is 0 Å². The summed E-state index contributed by atoms with van der Waals surface area (Å²) in [4.78, 5) is 8.57. The zero-order valence-corrected chi connectivity index (χ0v) is 10.0. The van der Waals surface area contributed by atoms with E-state index in [9.17, 15) is 4.21 Å². The van der Waals surface area contributed by atoms with Crippen molar-refractivity contribution in [2.24, 2.45) is 0 Å². The molecule has 1 aromatic heterocycles. The van der Waals surface area contributed by atoms with Gasteiger partial charge in [-0.2, -0.15) is 4.98 Å². The summed E-state index contributed by atoms with van der Waals surface area (Å²) in [7, 11) is -1.34. The minimum absolute atomic E-state index is 0.142.